The van der Waals surface area contributed by atoms with Crippen LogP contribution in [0.1, 0.15) is 31.6 Å². The Balaban J connectivity index is 1.34. The molecule has 3 aromatic rings. The maximum Gasteiger partial charge on any atom is 0.316 e. The number of pyridine rings is 1. The normalized spacial score (nSPS) is 19.1. The van der Waals surface area contributed by atoms with Gasteiger partial charge in [0.15, 0.2) is 0 Å². The van der Waals surface area contributed by atoms with E-state index in [-0.39, 0.29) is 23.6 Å². The van der Waals surface area contributed by atoms with Crippen molar-refractivity contribution in [3.8, 4) is 5.69 Å². The molecular weight excluding hydrogens is 372 g/mol. The lowest BCUT2D eigenvalue weighted by Gasteiger charge is -2.14. The van der Waals surface area contributed by atoms with Crippen LogP contribution in [-0.2, 0) is 0 Å². The Kier molecular flexibility index (Phi) is 4.96. The molecule has 0 aromatic carbocycles. The largest absolute Gasteiger partial charge is 0.367 e. The van der Waals surface area contributed by atoms with E-state index in [9.17, 15) is 13.6 Å². The zero-order chi connectivity index (χ0) is 19.5. The van der Waals surface area contributed by atoms with Gasteiger partial charge in [0, 0.05) is 24.3 Å². The summed E-state index contributed by atoms with van der Waals surface area (Å²) in [7, 11) is 0. The van der Waals surface area contributed by atoms with E-state index in [1.807, 2.05) is 0 Å². The van der Waals surface area contributed by atoms with Crippen LogP contribution in [0.25, 0.3) is 5.69 Å². The summed E-state index contributed by atoms with van der Waals surface area (Å²) in [6.07, 6.45) is 2.79. The highest BCUT2D eigenvalue weighted by Crippen LogP contribution is 2.25. The van der Waals surface area contributed by atoms with Crippen molar-refractivity contribution in [1.29, 1.82) is 0 Å². The van der Waals surface area contributed by atoms with Gasteiger partial charge in [-0.3, -0.25) is 4.79 Å². The van der Waals surface area contributed by atoms with Crippen molar-refractivity contribution in [3.05, 3.63) is 52.9 Å². The van der Waals surface area contributed by atoms with Crippen molar-refractivity contribution in [2.75, 3.05) is 10.6 Å². The fourth-order valence-electron chi connectivity index (χ4n) is 3.17. The molecule has 0 bridgehead atoms. The van der Waals surface area contributed by atoms with Crippen molar-refractivity contribution in [2.24, 2.45) is 0 Å². The predicted molar refractivity (Wildman–Crippen MR) is 95.6 cm³/mol. The van der Waals surface area contributed by atoms with Gasteiger partial charge in [-0.05, 0) is 42.6 Å². The molecule has 0 amide bonds. The first-order valence-corrected chi connectivity index (χ1v) is 8.74. The zero-order valence-corrected chi connectivity index (χ0v) is 14.6. The van der Waals surface area contributed by atoms with Crippen LogP contribution in [0.15, 0.2) is 46.0 Å². The standard InChI is InChI=1S/C17H17F2N7O2/c18-15(19)16-24-17(25-28-16)23-11-4-3-10(8-11)22-13-6-5-12(9-20-13)26-14(27)2-1-7-21-26/h1-2,5-7,9-11,15H,3-4,8H2,(H,20,22)(H,23,25)/t10-,11-/m0/s1. The molecule has 11 heteroatoms. The zero-order valence-electron chi connectivity index (χ0n) is 14.6. The molecule has 2 N–H and O–H groups in total. The highest BCUT2D eigenvalue weighted by Gasteiger charge is 2.26. The number of hydrogen-bond donors (Lipinski definition) is 2. The molecule has 1 fully saturated rings. The number of nitrogens with zero attached hydrogens (tertiary/aromatic N) is 5. The summed E-state index contributed by atoms with van der Waals surface area (Å²) in [6, 6.07) is 6.76. The van der Waals surface area contributed by atoms with Crippen LogP contribution < -0.4 is 16.2 Å². The summed E-state index contributed by atoms with van der Waals surface area (Å²) in [4.78, 5) is 19.8. The molecule has 1 saturated carbocycles. The van der Waals surface area contributed by atoms with Crippen LogP contribution in [0.2, 0.25) is 0 Å². The highest BCUT2D eigenvalue weighted by atomic mass is 19.3. The Hall–Kier alpha value is -3.37. The van der Waals surface area contributed by atoms with Crippen LogP contribution in [0, 0.1) is 0 Å². The molecule has 0 unspecified atom stereocenters. The minimum Gasteiger partial charge on any atom is -0.367 e. The van der Waals surface area contributed by atoms with Gasteiger partial charge < -0.3 is 15.2 Å². The number of anilines is 2. The fraction of sp³-hybridized carbons (Fsp3) is 0.353. The molecule has 4 rings (SSSR count). The molecule has 0 radical (unpaired) electrons. The summed E-state index contributed by atoms with van der Waals surface area (Å²) in [6.45, 7) is 0. The van der Waals surface area contributed by atoms with Crippen LogP contribution in [-0.4, -0.2) is 37.0 Å². The van der Waals surface area contributed by atoms with E-state index in [1.165, 1.54) is 16.9 Å². The Morgan fingerprint density at radius 2 is 2.00 bits per heavy atom. The molecule has 1 aliphatic rings. The summed E-state index contributed by atoms with van der Waals surface area (Å²) >= 11 is 0. The Morgan fingerprint density at radius 1 is 1.18 bits per heavy atom. The molecule has 0 saturated heterocycles. The predicted octanol–water partition coefficient (Wildman–Crippen LogP) is 2.39. The second-order valence-corrected chi connectivity index (χ2v) is 6.43. The molecule has 9 nitrogen and oxygen atoms in total. The average Bonchev–Trinajstić information content (AvgIpc) is 3.33. The van der Waals surface area contributed by atoms with E-state index < -0.39 is 12.3 Å². The first kappa shape index (κ1) is 18.0. The van der Waals surface area contributed by atoms with Crippen LogP contribution in [0.3, 0.4) is 0 Å². The van der Waals surface area contributed by atoms with E-state index in [0.717, 1.165) is 19.3 Å². The second-order valence-electron chi connectivity index (χ2n) is 6.43. The fourth-order valence-corrected chi connectivity index (χ4v) is 3.17. The Bertz CT molecular complexity index is 989. The summed E-state index contributed by atoms with van der Waals surface area (Å²) in [5.74, 6) is 0.0635. The third kappa shape index (κ3) is 3.97. The van der Waals surface area contributed by atoms with Gasteiger partial charge in [0.05, 0.1) is 11.9 Å². The van der Waals surface area contributed by atoms with Crippen molar-refractivity contribution < 1.29 is 13.3 Å². The first-order valence-electron chi connectivity index (χ1n) is 8.74. The lowest BCUT2D eigenvalue weighted by Crippen LogP contribution is -2.22. The minimum atomic E-state index is -2.78. The summed E-state index contributed by atoms with van der Waals surface area (Å²) in [5, 5.41) is 13.9. The molecule has 0 aliphatic heterocycles. The highest BCUT2D eigenvalue weighted by molar-refractivity contribution is 5.41. The minimum absolute atomic E-state index is 0.0481. The molecule has 146 valence electrons. The molecule has 3 heterocycles. The van der Waals surface area contributed by atoms with Gasteiger partial charge in [-0.2, -0.15) is 23.5 Å². The third-order valence-corrected chi connectivity index (χ3v) is 4.45. The number of alkyl halides is 2. The van der Waals surface area contributed by atoms with E-state index in [1.54, 1.807) is 24.4 Å². The molecule has 1 aliphatic carbocycles. The summed E-state index contributed by atoms with van der Waals surface area (Å²) in [5.41, 5.74) is 0.347. The maximum atomic E-state index is 12.5. The smallest absolute Gasteiger partial charge is 0.316 e. The Labute approximate surface area is 157 Å². The second kappa shape index (κ2) is 7.71. The molecular formula is C17H17F2N7O2. The van der Waals surface area contributed by atoms with Gasteiger partial charge in [-0.15, -0.1) is 0 Å². The van der Waals surface area contributed by atoms with Gasteiger partial charge in [0.1, 0.15) is 5.82 Å². The molecule has 2 atom stereocenters. The number of rotatable bonds is 6. The Morgan fingerprint density at radius 3 is 2.68 bits per heavy atom. The third-order valence-electron chi connectivity index (χ3n) is 4.45. The van der Waals surface area contributed by atoms with Crippen molar-refractivity contribution in [3.63, 3.8) is 0 Å². The van der Waals surface area contributed by atoms with Crippen LogP contribution in [0.4, 0.5) is 20.5 Å². The topological polar surface area (TPSA) is 111 Å². The number of halogens is 2. The van der Waals surface area contributed by atoms with Crippen molar-refractivity contribution in [1.82, 2.24) is 24.9 Å². The molecule has 28 heavy (non-hydrogen) atoms. The quantitative estimate of drug-likeness (QED) is 0.661. The maximum absolute atomic E-state index is 12.5. The van der Waals surface area contributed by atoms with Crippen molar-refractivity contribution in [2.45, 2.75) is 37.8 Å². The van der Waals surface area contributed by atoms with Gasteiger partial charge in [-0.1, -0.05) is 0 Å². The van der Waals surface area contributed by atoms with Gasteiger partial charge in [0.25, 0.3) is 17.4 Å². The van der Waals surface area contributed by atoms with Gasteiger partial charge in [0.2, 0.25) is 0 Å². The lowest BCUT2D eigenvalue weighted by atomic mass is 10.2. The first-order chi connectivity index (χ1) is 13.6. The van der Waals surface area contributed by atoms with Gasteiger partial charge in [-0.25, -0.2) is 4.98 Å². The van der Waals surface area contributed by atoms with E-state index in [4.69, 9.17) is 0 Å². The SMILES string of the molecule is O=c1cccnn1-c1ccc(N[C@H]2CC[C@H](Nc3noc(C(F)F)n3)C2)nc1. The molecule has 3 aromatic heterocycles. The molecule has 0 spiro atoms. The number of nitrogens with one attached hydrogen (secondary N) is 2. The van der Waals surface area contributed by atoms with E-state index >= 15 is 0 Å². The summed E-state index contributed by atoms with van der Waals surface area (Å²) < 4.78 is 30.7. The van der Waals surface area contributed by atoms with Crippen LogP contribution >= 0.6 is 0 Å². The van der Waals surface area contributed by atoms with Gasteiger partial charge >= 0.3 is 6.43 Å². The monoisotopic (exact) mass is 389 g/mol. The average molecular weight is 389 g/mol. The van der Waals surface area contributed by atoms with Crippen molar-refractivity contribution >= 4 is 11.8 Å². The number of hydrogen-bond acceptors (Lipinski definition) is 8. The number of aromatic nitrogens is 5. The lowest BCUT2D eigenvalue weighted by molar-refractivity contribution is 0.106. The van der Waals surface area contributed by atoms with E-state index in [2.05, 4.69) is 35.4 Å². The van der Waals surface area contributed by atoms with E-state index in [0.29, 0.717) is 11.5 Å². The van der Waals surface area contributed by atoms with Crippen LogP contribution in [0.5, 0.6) is 0 Å².